The Morgan fingerprint density at radius 1 is 1.33 bits per heavy atom. The van der Waals surface area contributed by atoms with Crippen LogP contribution in [0.5, 0.6) is 5.75 Å². The van der Waals surface area contributed by atoms with Gasteiger partial charge in [-0.2, -0.15) is 0 Å². The van der Waals surface area contributed by atoms with Crippen molar-refractivity contribution in [3.05, 3.63) is 42.0 Å². The summed E-state index contributed by atoms with van der Waals surface area (Å²) in [5, 5.41) is 9.47. The van der Waals surface area contributed by atoms with Crippen molar-refractivity contribution in [1.29, 1.82) is 0 Å². The van der Waals surface area contributed by atoms with Gasteiger partial charge in [0.2, 0.25) is 0 Å². The molecule has 0 heterocycles. The first kappa shape index (κ1) is 8.85. The SMILES string of the molecule is CC=CC(C)c1ccccc1O. The smallest absolute Gasteiger partial charge is 0.119 e. The molecule has 64 valence electrons. The van der Waals surface area contributed by atoms with Crippen molar-refractivity contribution in [2.45, 2.75) is 19.8 Å². The Morgan fingerprint density at radius 2 is 2.00 bits per heavy atom. The van der Waals surface area contributed by atoms with E-state index < -0.39 is 0 Å². The zero-order chi connectivity index (χ0) is 8.97. The number of para-hydroxylation sites is 1. The monoisotopic (exact) mass is 162 g/mol. The fourth-order valence-corrected chi connectivity index (χ4v) is 1.26. The molecule has 1 rings (SSSR count). The molecule has 1 aromatic rings. The van der Waals surface area contributed by atoms with Crippen molar-refractivity contribution in [2.75, 3.05) is 0 Å². The molecular weight excluding hydrogens is 148 g/mol. The molecular formula is C11H14O. The first-order chi connectivity index (χ1) is 5.75. The largest absolute Gasteiger partial charge is 0.508 e. The van der Waals surface area contributed by atoms with Crippen LogP contribution >= 0.6 is 0 Å². The third kappa shape index (κ3) is 1.88. The van der Waals surface area contributed by atoms with Crippen LogP contribution in [0.15, 0.2) is 36.4 Å². The Morgan fingerprint density at radius 3 is 2.58 bits per heavy atom. The average molecular weight is 162 g/mol. The molecule has 1 N–H and O–H groups in total. The minimum atomic E-state index is 0.288. The van der Waals surface area contributed by atoms with Crippen LogP contribution in [0.1, 0.15) is 25.3 Å². The van der Waals surface area contributed by atoms with Crippen LogP contribution in [0.4, 0.5) is 0 Å². The molecule has 0 aromatic heterocycles. The van der Waals surface area contributed by atoms with Gasteiger partial charge in [-0.05, 0) is 13.0 Å². The minimum absolute atomic E-state index is 0.288. The summed E-state index contributed by atoms with van der Waals surface area (Å²) in [5.41, 5.74) is 0.982. The number of hydrogen-bond acceptors (Lipinski definition) is 1. The number of rotatable bonds is 2. The quantitative estimate of drug-likeness (QED) is 0.662. The molecule has 0 radical (unpaired) electrons. The highest BCUT2D eigenvalue weighted by Crippen LogP contribution is 2.25. The van der Waals surface area contributed by atoms with Crippen molar-refractivity contribution in [2.24, 2.45) is 0 Å². The molecule has 0 aliphatic heterocycles. The second kappa shape index (κ2) is 3.96. The number of phenolic OH excluding ortho intramolecular Hbond substituents is 1. The third-order valence-electron chi connectivity index (χ3n) is 1.91. The van der Waals surface area contributed by atoms with E-state index in [1.807, 2.05) is 31.2 Å². The van der Waals surface area contributed by atoms with E-state index in [-0.39, 0.29) is 5.92 Å². The first-order valence-electron chi connectivity index (χ1n) is 4.16. The molecule has 0 saturated heterocycles. The highest BCUT2D eigenvalue weighted by Gasteiger charge is 2.04. The predicted molar refractivity (Wildman–Crippen MR) is 51.3 cm³/mol. The molecule has 0 aliphatic carbocycles. The molecule has 0 bridgehead atoms. The highest BCUT2D eigenvalue weighted by atomic mass is 16.3. The molecule has 1 atom stereocenters. The van der Waals surface area contributed by atoms with Gasteiger partial charge in [-0.15, -0.1) is 0 Å². The summed E-state index contributed by atoms with van der Waals surface area (Å²) in [7, 11) is 0. The minimum Gasteiger partial charge on any atom is -0.508 e. The summed E-state index contributed by atoms with van der Waals surface area (Å²) in [5.74, 6) is 0.666. The molecule has 0 aliphatic rings. The van der Waals surface area contributed by atoms with E-state index in [1.165, 1.54) is 0 Å². The summed E-state index contributed by atoms with van der Waals surface area (Å²) in [6.07, 6.45) is 4.06. The van der Waals surface area contributed by atoms with Gasteiger partial charge in [0.1, 0.15) is 5.75 Å². The summed E-state index contributed by atoms with van der Waals surface area (Å²) < 4.78 is 0. The fourth-order valence-electron chi connectivity index (χ4n) is 1.26. The van der Waals surface area contributed by atoms with Crippen LogP contribution in [0, 0.1) is 0 Å². The van der Waals surface area contributed by atoms with E-state index in [0.29, 0.717) is 5.75 Å². The maximum absolute atomic E-state index is 9.47. The Bertz CT molecular complexity index is 276. The second-order valence-corrected chi connectivity index (χ2v) is 2.87. The Labute approximate surface area is 73.4 Å². The predicted octanol–water partition coefficient (Wildman–Crippen LogP) is 3.07. The summed E-state index contributed by atoms with van der Waals surface area (Å²) in [4.78, 5) is 0. The first-order valence-corrected chi connectivity index (χ1v) is 4.16. The van der Waals surface area contributed by atoms with Gasteiger partial charge in [0, 0.05) is 11.5 Å². The Balaban J connectivity index is 2.94. The molecule has 0 saturated carbocycles. The maximum Gasteiger partial charge on any atom is 0.119 e. The number of allylic oxidation sites excluding steroid dienone is 2. The lowest BCUT2D eigenvalue weighted by atomic mass is 10.00. The lowest BCUT2D eigenvalue weighted by molar-refractivity contribution is 0.466. The Hall–Kier alpha value is -1.24. The molecule has 1 heteroatoms. The van der Waals surface area contributed by atoms with Gasteiger partial charge >= 0.3 is 0 Å². The maximum atomic E-state index is 9.47. The van der Waals surface area contributed by atoms with Crippen LogP contribution < -0.4 is 0 Å². The molecule has 1 unspecified atom stereocenters. The molecule has 0 fully saturated rings. The summed E-state index contributed by atoms with van der Waals surface area (Å²) in [6, 6.07) is 7.44. The second-order valence-electron chi connectivity index (χ2n) is 2.87. The fraction of sp³-hybridized carbons (Fsp3) is 0.273. The van der Waals surface area contributed by atoms with Crippen molar-refractivity contribution < 1.29 is 5.11 Å². The average Bonchev–Trinajstić information content (AvgIpc) is 2.05. The summed E-state index contributed by atoms with van der Waals surface area (Å²) >= 11 is 0. The topological polar surface area (TPSA) is 20.2 Å². The molecule has 1 aromatic carbocycles. The van der Waals surface area contributed by atoms with Gasteiger partial charge in [0.25, 0.3) is 0 Å². The third-order valence-corrected chi connectivity index (χ3v) is 1.91. The Kier molecular flexibility index (Phi) is 2.92. The zero-order valence-corrected chi connectivity index (χ0v) is 7.49. The number of hydrogen-bond donors (Lipinski definition) is 1. The lowest BCUT2D eigenvalue weighted by Crippen LogP contribution is -1.88. The van der Waals surface area contributed by atoms with E-state index in [4.69, 9.17) is 0 Å². The van der Waals surface area contributed by atoms with E-state index in [9.17, 15) is 5.11 Å². The van der Waals surface area contributed by atoms with Crippen molar-refractivity contribution in [3.8, 4) is 5.75 Å². The van der Waals surface area contributed by atoms with Gasteiger partial charge in [0.05, 0.1) is 0 Å². The van der Waals surface area contributed by atoms with E-state index in [2.05, 4.69) is 13.0 Å². The van der Waals surface area contributed by atoms with Gasteiger partial charge in [0.15, 0.2) is 0 Å². The van der Waals surface area contributed by atoms with Crippen LogP contribution in [0.2, 0.25) is 0 Å². The van der Waals surface area contributed by atoms with Crippen LogP contribution in [0.3, 0.4) is 0 Å². The standard InChI is InChI=1S/C11H14O/c1-3-6-9(2)10-7-4-5-8-11(10)12/h3-9,12H,1-2H3. The summed E-state index contributed by atoms with van der Waals surface area (Å²) in [6.45, 7) is 4.05. The van der Waals surface area contributed by atoms with E-state index >= 15 is 0 Å². The van der Waals surface area contributed by atoms with Crippen molar-refractivity contribution in [1.82, 2.24) is 0 Å². The van der Waals surface area contributed by atoms with Crippen LogP contribution in [0.25, 0.3) is 0 Å². The lowest BCUT2D eigenvalue weighted by Gasteiger charge is -2.07. The van der Waals surface area contributed by atoms with Crippen LogP contribution in [-0.4, -0.2) is 5.11 Å². The molecule has 12 heavy (non-hydrogen) atoms. The normalized spacial score (nSPS) is 13.5. The van der Waals surface area contributed by atoms with Gasteiger partial charge in [-0.25, -0.2) is 0 Å². The molecule has 0 amide bonds. The van der Waals surface area contributed by atoms with Gasteiger partial charge < -0.3 is 5.11 Å². The number of benzene rings is 1. The van der Waals surface area contributed by atoms with Gasteiger partial charge in [-0.1, -0.05) is 37.3 Å². The molecule has 1 nitrogen and oxygen atoms in total. The van der Waals surface area contributed by atoms with E-state index in [1.54, 1.807) is 6.07 Å². The number of phenols is 1. The van der Waals surface area contributed by atoms with Crippen molar-refractivity contribution in [3.63, 3.8) is 0 Å². The van der Waals surface area contributed by atoms with Gasteiger partial charge in [-0.3, -0.25) is 0 Å². The molecule has 0 spiro atoms. The highest BCUT2D eigenvalue weighted by molar-refractivity contribution is 5.36. The van der Waals surface area contributed by atoms with Crippen molar-refractivity contribution >= 4 is 0 Å². The zero-order valence-electron chi connectivity index (χ0n) is 7.49. The van der Waals surface area contributed by atoms with E-state index in [0.717, 1.165) is 5.56 Å². The van der Waals surface area contributed by atoms with Crippen LogP contribution in [-0.2, 0) is 0 Å². The number of aromatic hydroxyl groups is 1.